The minimum Gasteiger partial charge on any atom is -0.0885 e. The number of hydrogen-bond acceptors (Lipinski definition) is 0. The summed E-state index contributed by atoms with van der Waals surface area (Å²) in [5, 5.41) is 0. The molecule has 0 aliphatic rings. The van der Waals surface area contributed by atoms with Gasteiger partial charge < -0.3 is 0 Å². The Morgan fingerprint density at radius 2 is 1.69 bits per heavy atom. The average molecular weight is 182 g/mol. The third-order valence-corrected chi connectivity index (χ3v) is 2.05. The van der Waals surface area contributed by atoms with E-state index in [4.69, 9.17) is 0 Å². The van der Waals surface area contributed by atoms with Crippen molar-refractivity contribution in [3.05, 3.63) is 12.2 Å². The van der Waals surface area contributed by atoms with Crippen LogP contribution < -0.4 is 0 Å². The van der Waals surface area contributed by atoms with Crippen molar-refractivity contribution in [2.75, 3.05) is 0 Å². The van der Waals surface area contributed by atoms with Crippen LogP contribution in [0.25, 0.3) is 0 Å². The van der Waals surface area contributed by atoms with Crippen LogP contribution in [0.5, 0.6) is 0 Å². The van der Waals surface area contributed by atoms with E-state index in [1.807, 2.05) is 0 Å². The first-order chi connectivity index (χ1) is 5.92. The summed E-state index contributed by atoms with van der Waals surface area (Å²) in [6.45, 7) is 11.4. The summed E-state index contributed by atoms with van der Waals surface area (Å²) >= 11 is 0. The lowest BCUT2D eigenvalue weighted by molar-refractivity contribution is 0.420. The highest BCUT2D eigenvalue weighted by Crippen LogP contribution is 2.19. The van der Waals surface area contributed by atoms with Gasteiger partial charge in [-0.25, -0.2) is 0 Å². The van der Waals surface area contributed by atoms with Crippen LogP contribution in [-0.2, 0) is 0 Å². The van der Waals surface area contributed by atoms with Crippen LogP contribution in [0.1, 0.15) is 60.3 Å². The van der Waals surface area contributed by atoms with E-state index in [0.29, 0.717) is 5.41 Å². The Hall–Kier alpha value is -0.260. The van der Waals surface area contributed by atoms with Crippen LogP contribution in [0.2, 0.25) is 0 Å². The Kier molecular flexibility index (Phi) is 6.11. The van der Waals surface area contributed by atoms with Crippen molar-refractivity contribution >= 4 is 0 Å². The summed E-state index contributed by atoms with van der Waals surface area (Å²) in [7, 11) is 0. The standard InChI is InChI=1S/C13H26/c1-12(2)10-8-6-7-9-11-13(3,4)5/h7,9,12H,6,8,10-11H2,1-5H3/b9-7+. The first kappa shape index (κ1) is 12.7. The molecule has 0 atom stereocenters. The minimum atomic E-state index is 0.453. The number of allylic oxidation sites excluding steroid dienone is 2. The van der Waals surface area contributed by atoms with Crippen LogP contribution >= 0.6 is 0 Å². The second-order valence-electron chi connectivity index (χ2n) is 5.56. The Morgan fingerprint density at radius 1 is 1.08 bits per heavy atom. The molecule has 0 saturated carbocycles. The number of rotatable bonds is 5. The third-order valence-electron chi connectivity index (χ3n) is 2.05. The van der Waals surface area contributed by atoms with Crippen LogP contribution in [0, 0.1) is 11.3 Å². The molecule has 0 rings (SSSR count). The second kappa shape index (κ2) is 6.23. The van der Waals surface area contributed by atoms with Gasteiger partial charge in [0.05, 0.1) is 0 Å². The zero-order valence-electron chi connectivity index (χ0n) is 10.1. The van der Waals surface area contributed by atoms with Gasteiger partial charge in [0.15, 0.2) is 0 Å². The van der Waals surface area contributed by atoms with Gasteiger partial charge in [0.1, 0.15) is 0 Å². The Balaban J connectivity index is 3.33. The molecule has 0 amide bonds. The van der Waals surface area contributed by atoms with Gasteiger partial charge in [0.25, 0.3) is 0 Å². The molecular formula is C13H26. The normalized spacial score (nSPS) is 13.1. The molecule has 0 unspecified atom stereocenters. The molecule has 0 aromatic heterocycles. The van der Waals surface area contributed by atoms with Crippen molar-refractivity contribution in [3.63, 3.8) is 0 Å². The maximum Gasteiger partial charge on any atom is -0.0302 e. The topological polar surface area (TPSA) is 0 Å². The third kappa shape index (κ3) is 11.7. The van der Waals surface area contributed by atoms with E-state index < -0.39 is 0 Å². The highest BCUT2D eigenvalue weighted by molar-refractivity contribution is 4.85. The molecular weight excluding hydrogens is 156 g/mol. The number of unbranched alkanes of at least 4 members (excludes halogenated alkanes) is 1. The van der Waals surface area contributed by atoms with Gasteiger partial charge in [-0.05, 0) is 30.6 Å². The summed E-state index contributed by atoms with van der Waals surface area (Å²) < 4.78 is 0. The van der Waals surface area contributed by atoms with Gasteiger partial charge in [-0.3, -0.25) is 0 Å². The van der Waals surface area contributed by atoms with Crippen molar-refractivity contribution < 1.29 is 0 Å². The summed E-state index contributed by atoms with van der Waals surface area (Å²) in [5.41, 5.74) is 0.453. The van der Waals surface area contributed by atoms with Crippen molar-refractivity contribution in [3.8, 4) is 0 Å². The van der Waals surface area contributed by atoms with E-state index in [1.165, 1.54) is 25.7 Å². The quantitative estimate of drug-likeness (QED) is 0.423. The molecule has 13 heavy (non-hydrogen) atoms. The molecule has 0 bridgehead atoms. The SMILES string of the molecule is CC(C)CCC/C=C/CC(C)(C)C. The fourth-order valence-electron chi connectivity index (χ4n) is 1.20. The van der Waals surface area contributed by atoms with Crippen molar-refractivity contribution in [1.29, 1.82) is 0 Å². The van der Waals surface area contributed by atoms with Gasteiger partial charge >= 0.3 is 0 Å². The predicted molar refractivity (Wildman–Crippen MR) is 61.9 cm³/mol. The molecule has 0 heteroatoms. The van der Waals surface area contributed by atoms with Crippen molar-refractivity contribution in [2.45, 2.75) is 60.3 Å². The molecule has 0 aromatic rings. The molecule has 0 aliphatic carbocycles. The van der Waals surface area contributed by atoms with E-state index in [0.717, 1.165) is 5.92 Å². The maximum absolute atomic E-state index is 2.34. The largest absolute Gasteiger partial charge is 0.0885 e. The molecule has 0 nitrogen and oxygen atoms in total. The number of hydrogen-bond donors (Lipinski definition) is 0. The molecule has 0 aromatic carbocycles. The fourth-order valence-corrected chi connectivity index (χ4v) is 1.20. The fraction of sp³-hybridized carbons (Fsp3) is 0.846. The van der Waals surface area contributed by atoms with Crippen LogP contribution in [0.3, 0.4) is 0 Å². The molecule has 0 radical (unpaired) electrons. The van der Waals surface area contributed by atoms with Gasteiger partial charge in [-0.15, -0.1) is 0 Å². The highest BCUT2D eigenvalue weighted by atomic mass is 14.1. The lowest BCUT2D eigenvalue weighted by atomic mass is 9.92. The lowest BCUT2D eigenvalue weighted by Crippen LogP contribution is -2.01. The Bertz CT molecular complexity index is 135. The maximum atomic E-state index is 2.34. The van der Waals surface area contributed by atoms with Gasteiger partial charge in [0.2, 0.25) is 0 Å². The molecule has 0 saturated heterocycles. The highest BCUT2D eigenvalue weighted by Gasteiger charge is 2.05. The lowest BCUT2D eigenvalue weighted by Gasteiger charge is -2.14. The molecule has 0 spiro atoms. The molecule has 78 valence electrons. The molecule has 0 N–H and O–H groups in total. The first-order valence-corrected chi connectivity index (χ1v) is 5.57. The smallest absolute Gasteiger partial charge is 0.0302 e. The van der Waals surface area contributed by atoms with E-state index in [1.54, 1.807) is 0 Å². The molecule has 0 fully saturated rings. The summed E-state index contributed by atoms with van der Waals surface area (Å²) in [6.07, 6.45) is 9.84. The van der Waals surface area contributed by atoms with E-state index in [-0.39, 0.29) is 0 Å². The monoisotopic (exact) mass is 182 g/mol. The van der Waals surface area contributed by atoms with Crippen LogP contribution in [-0.4, -0.2) is 0 Å². The van der Waals surface area contributed by atoms with Crippen molar-refractivity contribution in [1.82, 2.24) is 0 Å². The zero-order chi connectivity index (χ0) is 10.3. The van der Waals surface area contributed by atoms with E-state index in [9.17, 15) is 0 Å². The van der Waals surface area contributed by atoms with E-state index >= 15 is 0 Å². The molecule has 0 aliphatic heterocycles. The Labute approximate surface area is 84.4 Å². The minimum absolute atomic E-state index is 0.453. The summed E-state index contributed by atoms with van der Waals surface area (Å²) in [5.74, 6) is 0.857. The average Bonchev–Trinajstić information content (AvgIpc) is 1.93. The second-order valence-corrected chi connectivity index (χ2v) is 5.56. The van der Waals surface area contributed by atoms with Gasteiger partial charge in [-0.2, -0.15) is 0 Å². The van der Waals surface area contributed by atoms with Crippen LogP contribution in [0.4, 0.5) is 0 Å². The predicted octanol–water partition coefficient (Wildman–Crippen LogP) is 4.81. The zero-order valence-corrected chi connectivity index (χ0v) is 10.1. The Morgan fingerprint density at radius 3 is 2.15 bits per heavy atom. The van der Waals surface area contributed by atoms with E-state index in [2.05, 4.69) is 46.8 Å². The summed E-state index contributed by atoms with van der Waals surface area (Å²) in [4.78, 5) is 0. The van der Waals surface area contributed by atoms with Crippen LogP contribution in [0.15, 0.2) is 12.2 Å². The van der Waals surface area contributed by atoms with Gasteiger partial charge in [0, 0.05) is 0 Å². The summed E-state index contributed by atoms with van der Waals surface area (Å²) in [6, 6.07) is 0. The first-order valence-electron chi connectivity index (χ1n) is 5.57. The van der Waals surface area contributed by atoms with Gasteiger partial charge in [-0.1, -0.05) is 53.2 Å². The molecule has 0 heterocycles. The van der Waals surface area contributed by atoms with Crippen molar-refractivity contribution in [2.24, 2.45) is 11.3 Å².